The molecule has 10 heteroatoms. The van der Waals surface area contributed by atoms with Crippen molar-refractivity contribution in [2.75, 3.05) is 9.80 Å². The number of benzene rings is 7. The van der Waals surface area contributed by atoms with Gasteiger partial charge < -0.3 is 9.80 Å². The van der Waals surface area contributed by atoms with E-state index < -0.39 is 0 Å². The monoisotopic (exact) mass is 758 g/mol. The molecule has 0 unspecified atom stereocenters. The van der Waals surface area contributed by atoms with E-state index in [-0.39, 0.29) is 0 Å². The number of para-hydroxylation sites is 8. The van der Waals surface area contributed by atoms with Crippen LogP contribution in [0.1, 0.15) is 0 Å². The molecule has 2 aliphatic rings. The lowest BCUT2D eigenvalue weighted by atomic mass is 10.1. The highest BCUT2D eigenvalue weighted by molar-refractivity contribution is 8.00. The summed E-state index contributed by atoms with van der Waals surface area (Å²) in [5, 5.41) is 18.5. The van der Waals surface area contributed by atoms with Crippen LogP contribution in [0, 0.1) is 0 Å². The van der Waals surface area contributed by atoms with E-state index in [9.17, 15) is 0 Å². The summed E-state index contributed by atoms with van der Waals surface area (Å²) < 4.78 is 3.73. The Balaban J connectivity index is 0.896. The highest BCUT2D eigenvalue weighted by atomic mass is 32.2. The van der Waals surface area contributed by atoms with Gasteiger partial charge in [0, 0.05) is 30.7 Å². The summed E-state index contributed by atoms with van der Waals surface area (Å²) in [6.07, 6.45) is 3.99. The lowest BCUT2D eigenvalue weighted by Gasteiger charge is -2.33. The SMILES string of the molecule is c1ccc2c(c1)Sc1ccccc1N2c1ccccc1-n1cc(-c2ccc(-c3cn(-c4ccccc4N4c5ccccc5Sc5ccccc54)nn3)cc2)nn1. The Hall–Kier alpha value is -6.88. The highest BCUT2D eigenvalue weighted by Gasteiger charge is 2.28. The largest absolute Gasteiger partial charge is 0.306 e. The van der Waals surface area contributed by atoms with Crippen LogP contribution in [-0.2, 0) is 0 Å². The van der Waals surface area contributed by atoms with Crippen molar-refractivity contribution in [2.45, 2.75) is 19.6 Å². The van der Waals surface area contributed by atoms with Crippen molar-refractivity contribution in [2.24, 2.45) is 0 Å². The molecule has 0 aliphatic carbocycles. The summed E-state index contributed by atoms with van der Waals surface area (Å²) in [7, 11) is 0. The lowest BCUT2D eigenvalue weighted by molar-refractivity contribution is 0.803. The van der Waals surface area contributed by atoms with Gasteiger partial charge in [0.25, 0.3) is 0 Å². The zero-order valence-corrected chi connectivity index (χ0v) is 31.3. The molecule has 0 atom stereocenters. The van der Waals surface area contributed by atoms with Gasteiger partial charge in [-0.15, -0.1) is 10.2 Å². The molecule has 0 saturated heterocycles. The van der Waals surface area contributed by atoms with Gasteiger partial charge in [0.15, 0.2) is 0 Å². The van der Waals surface area contributed by atoms with Crippen molar-refractivity contribution in [3.8, 4) is 33.9 Å². The predicted molar refractivity (Wildman–Crippen MR) is 225 cm³/mol. The third kappa shape index (κ3) is 5.49. The molecule has 0 saturated carbocycles. The molecule has 4 heterocycles. The molecular weight excluding hydrogens is 729 g/mol. The van der Waals surface area contributed by atoms with E-state index >= 15 is 0 Å². The number of aromatic nitrogens is 6. The first-order chi connectivity index (χ1) is 27.8. The van der Waals surface area contributed by atoms with E-state index in [0.717, 1.165) is 68.0 Å². The summed E-state index contributed by atoms with van der Waals surface area (Å²) in [6.45, 7) is 0. The van der Waals surface area contributed by atoms with Crippen LogP contribution in [-0.4, -0.2) is 30.0 Å². The predicted octanol–water partition coefficient (Wildman–Crippen LogP) is 12.1. The molecule has 9 aromatic rings. The van der Waals surface area contributed by atoms with Crippen LogP contribution >= 0.6 is 23.5 Å². The number of hydrogen-bond acceptors (Lipinski definition) is 8. The van der Waals surface area contributed by atoms with Crippen LogP contribution in [0.15, 0.2) is 202 Å². The Bertz CT molecular complexity index is 2630. The number of rotatable bonds is 6. The van der Waals surface area contributed by atoms with Gasteiger partial charge in [-0.05, 0) is 72.8 Å². The fourth-order valence-corrected chi connectivity index (χ4v) is 9.58. The van der Waals surface area contributed by atoms with Crippen LogP contribution < -0.4 is 9.80 Å². The molecule has 8 nitrogen and oxygen atoms in total. The minimum Gasteiger partial charge on any atom is -0.306 e. The quantitative estimate of drug-likeness (QED) is 0.166. The van der Waals surface area contributed by atoms with Gasteiger partial charge in [0.2, 0.25) is 0 Å². The van der Waals surface area contributed by atoms with Crippen LogP contribution in [0.2, 0.25) is 0 Å². The molecule has 2 aromatic heterocycles. The van der Waals surface area contributed by atoms with Gasteiger partial charge in [-0.1, -0.05) is 131 Å². The molecule has 266 valence electrons. The second-order valence-electron chi connectivity index (χ2n) is 13.4. The fourth-order valence-electron chi connectivity index (χ4n) is 7.46. The molecule has 0 radical (unpaired) electrons. The average molecular weight is 759 g/mol. The molecular formula is C46H30N8S2. The van der Waals surface area contributed by atoms with E-state index in [2.05, 4.69) is 188 Å². The third-order valence-corrected chi connectivity index (χ3v) is 12.3. The maximum Gasteiger partial charge on any atom is 0.113 e. The Morgan fingerprint density at radius 2 is 0.589 bits per heavy atom. The molecule has 2 aliphatic heterocycles. The van der Waals surface area contributed by atoms with Crippen LogP contribution in [0.5, 0.6) is 0 Å². The van der Waals surface area contributed by atoms with Gasteiger partial charge in [-0.3, -0.25) is 0 Å². The first-order valence-electron chi connectivity index (χ1n) is 18.2. The van der Waals surface area contributed by atoms with Gasteiger partial charge in [-0.25, -0.2) is 9.36 Å². The van der Waals surface area contributed by atoms with Crippen molar-refractivity contribution in [3.05, 3.63) is 182 Å². The van der Waals surface area contributed by atoms with E-state index in [1.165, 1.54) is 19.6 Å². The van der Waals surface area contributed by atoms with Gasteiger partial charge in [0.05, 0.1) is 57.9 Å². The Morgan fingerprint density at radius 1 is 0.304 bits per heavy atom. The van der Waals surface area contributed by atoms with Gasteiger partial charge in [-0.2, -0.15) is 0 Å². The molecule has 0 bridgehead atoms. The average Bonchev–Trinajstić information content (AvgIpc) is 3.97. The first-order valence-corrected chi connectivity index (χ1v) is 19.9. The minimum atomic E-state index is 0.777. The van der Waals surface area contributed by atoms with Crippen molar-refractivity contribution in [3.63, 3.8) is 0 Å². The van der Waals surface area contributed by atoms with Crippen LogP contribution in [0.3, 0.4) is 0 Å². The van der Waals surface area contributed by atoms with Crippen LogP contribution in [0.4, 0.5) is 34.1 Å². The van der Waals surface area contributed by atoms with E-state index in [0.29, 0.717) is 0 Å². The normalized spacial score (nSPS) is 12.8. The van der Waals surface area contributed by atoms with Gasteiger partial charge in [0.1, 0.15) is 11.4 Å². The molecule has 0 N–H and O–H groups in total. The van der Waals surface area contributed by atoms with Crippen molar-refractivity contribution in [1.29, 1.82) is 0 Å². The number of hydrogen-bond donors (Lipinski definition) is 0. The smallest absolute Gasteiger partial charge is 0.113 e. The zero-order valence-electron chi connectivity index (χ0n) is 29.7. The first kappa shape index (κ1) is 32.5. The summed E-state index contributed by atoms with van der Waals surface area (Å²) in [4.78, 5) is 9.48. The maximum atomic E-state index is 4.63. The van der Waals surface area contributed by atoms with E-state index in [1.807, 2.05) is 33.9 Å². The van der Waals surface area contributed by atoms with Crippen molar-refractivity contribution < 1.29 is 0 Å². The highest BCUT2D eigenvalue weighted by Crippen LogP contribution is 2.53. The third-order valence-electron chi connectivity index (χ3n) is 10.1. The maximum absolute atomic E-state index is 4.63. The standard InChI is InChI=1S/C46H30N8S2/c1-3-15-37(53-39-17-5-9-21-43(39)55-44-22-10-6-18-40(44)53)35(13-1)51-29-33(47-49-51)31-25-27-32(28-26-31)34-30-52(50-48-34)36-14-2-4-16-38(36)54-41-19-7-11-23-45(41)56-46-24-12-8-20-42(46)54/h1-30H. The van der Waals surface area contributed by atoms with Crippen LogP contribution in [0.25, 0.3) is 33.9 Å². The van der Waals surface area contributed by atoms with Gasteiger partial charge >= 0.3 is 0 Å². The molecule has 0 fully saturated rings. The van der Waals surface area contributed by atoms with Crippen molar-refractivity contribution >= 4 is 57.6 Å². The second-order valence-corrected chi connectivity index (χ2v) is 15.6. The molecule has 7 aromatic carbocycles. The second kappa shape index (κ2) is 13.5. The van der Waals surface area contributed by atoms with E-state index in [4.69, 9.17) is 0 Å². The summed E-state index contributed by atoms with van der Waals surface area (Å²) in [5.74, 6) is 0. The number of nitrogens with zero attached hydrogens (tertiary/aromatic N) is 8. The Labute approximate surface area is 331 Å². The number of anilines is 6. The summed E-state index contributed by atoms with van der Waals surface area (Å²) >= 11 is 3.59. The summed E-state index contributed by atoms with van der Waals surface area (Å²) in [5.41, 5.74) is 12.0. The minimum absolute atomic E-state index is 0.777. The lowest BCUT2D eigenvalue weighted by Crippen LogP contribution is -2.17. The van der Waals surface area contributed by atoms with E-state index in [1.54, 1.807) is 23.5 Å². The fraction of sp³-hybridized carbons (Fsp3) is 0. The molecule has 11 rings (SSSR count). The molecule has 56 heavy (non-hydrogen) atoms. The molecule has 0 amide bonds. The molecule has 0 spiro atoms. The number of fused-ring (bicyclic) bond motifs is 4. The Morgan fingerprint density at radius 3 is 0.929 bits per heavy atom. The van der Waals surface area contributed by atoms with Crippen molar-refractivity contribution in [1.82, 2.24) is 30.0 Å². The summed E-state index contributed by atoms with van der Waals surface area (Å²) in [6, 6.07) is 59.1. The Kier molecular flexibility index (Phi) is 7.82. The zero-order chi connectivity index (χ0) is 37.0. The topological polar surface area (TPSA) is 67.9 Å².